The Kier molecular flexibility index (Phi) is 7.06. The minimum atomic E-state index is -0.534. The van der Waals surface area contributed by atoms with Crippen molar-refractivity contribution in [3.63, 3.8) is 0 Å². The highest BCUT2D eigenvalue weighted by molar-refractivity contribution is 7.17. The van der Waals surface area contributed by atoms with Gasteiger partial charge in [0, 0.05) is 24.5 Å². The summed E-state index contributed by atoms with van der Waals surface area (Å²) in [5.74, 6) is 0.0338. The molecule has 2 amide bonds. The second-order valence-electron chi connectivity index (χ2n) is 9.44. The van der Waals surface area contributed by atoms with Crippen molar-refractivity contribution in [2.75, 3.05) is 27.2 Å². The standard InChI is InChI=1S/C24H33N3O3S/c1-16-13-20(18-9-7-17(8-10-18)14-26(5)6)31-21(16)22(28)27-12-11-19(15-27)25-23(29)30-24(2,3)4/h7-10,13,19H,11-12,14-15H2,1-6H3,(H,25,29)/t19-/m0/s1. The first-order valence-corrected chi connectivity index (χ1v) is 11.5. The summed E-state index contributed by atoms with van der Waals surface area (Å²) in [5, 5.41) is 2.88. The summed E-state index contributed by atoms with van der Waals surface area (Å²) in [7, 11) is 4.11. The smallest absolute Gasteiger partial charge is 0.407 e. The molecule has 168 valence electrons. The zero-order chi connectivity index (χ0) is 22.8. The zero-order valence-corrected chi connectivity index (χ0v) is 20.1. The van der Waals surface area contributed by atoms with Gasteiger partial charge in [0.15, 0.2) is 0 Å². The maximum absolute atomic E-state index is 13.1. The molecule has 0 spiro atoms. The van der Waals surface area contributed by atoms with Gasteiger partial charge in [-0.2, -0.15) is 0 Å². The molecule has 7 heteroatoms. The van der Waals surface area contributed by atoms with Crippen LogP contribution in [0.1, 0.15) is 48.0 Å². The molecule has 1 N–H and O–H groups in total. The van der Waals surface area contributed by atoms with Crippen LogP contribution in [0.25, 0.3) is 10.4 Å². The molecular weight excluding hydrogens is 410 g/mol. The van der Waals surface area contributed by atoms with Gasteiger partial charge >= 0.3 is 6.09 Å². The fraction of sp³-hybridized carbons (Fsp3) is 0.500. The monoisotopic (exact) mass is 443 g/mol. The molecule has 0 bridgehead atoms. The lowest BCUT2D eigenvalue weighted by atomic mass is 10.1. The third-order valence-electron chi connectivity index (χ3n) is 5.05. The second-order valence-corrected chi connectivity index (χ2v) is 10.5. The van der Waals surface area contributed by atoms with E-state index in [-0.39, 0.29) is 11.9 Å². The Hall–Kier alpha value is -2.38. The van der Waals surface area contributed by atoms with Gasteiger partial charge in [0.2, 0.25) is 0 Å². The minimum Gasteiger partial charge on any atom is -0.444 e. The van der Waals surface area contributed by atoms with Crippen LogP contribution in [-0.2, 0) is 11.3 Å². The molecule has 1 aromatic carbocycles. The highest BCUT2D eigenvalue weighted by Gasteiger charge is 2.30. The predicted octanol–water partition coefficient (Wildman–Crippen LogP) is 4.52. The normalized spacial score (nSPS) is 16.6. The maximum Gasteiger partial charge on any atom is 0.407 e. The molecule has 31 heavy (non-hydrogen) atoms. The molecule has 2 aromatic rings. The number of ether oxygens (including phenoxy) is 1. The summed E-state index contributed by atoms with van der Waals surface area (Å²) < 4.78 is 5.33. The largest absolute Gasteiger partial charge is 0.444 e. The maximum atomic E-state index is 13.1. The van der Waals surface area contributed by atoms with Crippen molar-refractivity contribution in [2.24, 2.45) is 0 Å². The number of benzene rings is 1. The minimum absolute atomic E-state index is 0.0338. The summed E-state index contributed by atoms with van der Waals surface area (Å²) in [6, 6.07) is 10.5. The Morgan fingerprint density at radius 3 is 2.52 bits per heavy atom. The van der Waals surface area contributed by atoms with Crippen molar-refractivity contribution in [1.82, 2.24) is 15.1 Å². The number of rotatable bonds is 5. The Labute approximate surface area is 189 Å². The van der Waals surface area contributed by atoms with Crippen LogP contribution in [0.3, 0.4) is 0 Å². The van der Waals surface area contributed by atoms with E-state index in [0.29, 0.717) is 13.1 Å². The number of nitrogens with one attached hydrogen (secondary N) is 1. The van der Waals surface area contributed by atoms with Gasteiger partial charge in [-0.15, -0.1) is 11.3 Å². The van der Waals surface area contributed by atoms with Crippen LogP contribution in [0.5, 0.6) is 0 Å². The van der Waals surface area contributed by atoms with Crippen LogP contribution >= 0.6 is 11.3 Å². The fourth-order valence-corrected chi connectivity index (χ4v) is 4.80. The number of likely N-dealkylation sites (tertiary alicyclic amines) is 1. The summed E-state index contributed by atoms with van der Waals surface area (Å²) in [6.45, 7) is 9.54. The van der Waals surface area contributed by atoms with Crippen LogP contribution in [0.4, 0.5) is 4.79 Å². The fourth-order valence-electron chi connectivity index (χ4n) is 3.66. The molecule has 1 saturated heterocycles. The first-order chi connectivity index (χ1) is 14.5. The Morgan fingerprint density at radius 2 is 1.90 bits per heavy atom. The molecule has 3 rings (SSSR count). The summed E-state index contributed by atoms with van der Waals surface area (Å²) in [6.07, 6.45) is 0.300. The molecule has 1 aromatic heterocycles. The number of nitrogens with zero attached hydrogens (tertiary/aromatic N) is 2. The topological polar surface area (TPSA) is 61.9 Å². The highest BCUT2D eigenvalue weighted by Crippen LogP contribution is 2.33. The van der Waals surface area contributed by atoms with Gasteiger partial charge in [-0.1, -0.05) is 24.3 Å². The van der Waals surface area contributed by atoms with Crippen LogP contribution in [0.15, 0.2) is 30.3 Å². The van der Waals surface area contributed by atoms with E-state index < -0.39 is 11.7 Å². The van der Waals surface area contributed by atoms with Gasteiger partial charge in [-0.05, 0) is 71.0 Å². The molecule has 1 aliphatic rings. The average molecular weight is 444 g/mol. The van der Waals surface area contributed by atoms with Crippen molar-refractivity contribution in [1.29, 1.82) is 0 Å². The molecule has 0 radical (unpaired) electrons. The van der Waals surface area contributed by atoms with E-state index >= 15 is 0 Å². The number of thiophene rings is 1. The number of hydrogen-bond donors (Lipinski definition) is 1. The number of carbonyl (C=O) groups is 2. The predicted molar refractivity (Wildman–Crippen MR) is 126 cm³/mol. The van der Waals surface area contributed by atoms with Gasteiger partial charge in [0.05, 0.1) is 10.9 Å². The van der Waals surface area contributed by atoms with E-state index in [0.717, 1.165) is 33.8 Å². The van der Waals surface area contributed by atoms with Crippen molar-refractivity contribution < 1.29 is 14.3 Å². The molecule has 1 aliphatic heterocycles. The highest BCUT2D eigenvalue weighted by atomic mass is 32.1. The molecular formula is C24H33N3O3S. The number of alkyl carbamates (subject to hydrolysis) is 1. The van der Waals surface area contributed by atoms with Crippen molar-refractivity contribution in [3.8, 4) is 10.4 Å². The van der Waals surface area contributed by atoms with Crippen LogP contribution in [0.2, 0.25) is 0 Å². The lowest BCUT2D eigenvalue weighted by Gasteiger charge is -2.22. The van der Waals surface area contributed by atoms with E-state index in [1.54, 1.807) is 0 Å². The SMILES string of the molecule is Cc1cc(-c2ccc(CN(C)C)cc2)sc1C(=O)N1CC[C@H](NC(=O)OC(C)(C)C)C1. The lowest BCUT2D eigenvalue weighted by molar-refractivity contribution is 0.0502. The van der Waals surface area contributed by atoms with E-state index in [1.807, 2.05) is 32.6 Å². The quantitative estimate of drug-likeness (QED) is 0.738. The van der Waals surface area contributed by atoms with Gasteiger partial charge in [0.1, 0.15) is 5.60 Å². The van der Waals surface area contributed by atoms with E-state index in [4.69, 9.17) is 4.74 Å². The Balaban J connectivity index is 1.64. The van der Waals surface area contributed by atoms with Crippen molar-refractivity contribution in [3.05, 3.63) is 46.3 Å². The average Bonchev–Trinajstić information content (AvgIpc) is 3.26. The molecule has 0 saturated carbocycles. The zero-order valence-electron chi connectivity index (χ0n) is 19.3. The number of aryl methyl sites for hydroxylation is 1. The van der Waals surface area contributed by atoms with Gasteiger partial charge in [0.25, 0.3) is 5.91 Å². The van der Waals surface area contributed by atoms with E-state index in [2.05, 4.69) is 54.6 Å². The first kappa shape index (κ1) is 23.3. The van der Waals surface area contributed by atoms with E-state index in [9.17, 15) is 9.59 Å². The second kappa shape index (κ2) is 9.40. The molecule has 6 nitrogen and oxygen atoms in total. The van der Waals surface area contributed by atoms with E-state index in [1.165, 1.54) is 16.9 Å². The molecule has 1 atom stereocenters. The molecule has 1 fully saturated rings. The first-order valence-electron chi connectivity index (χ1n) is 10.6. The number of hydrogen-bond acceptors (Lipinski definition) is 5. The van der Waals surface area contributed by atoms with Crippen LogP contribution in [-0.4, -0.2) is 60.6 Å². The van der Waals surface area contributed by atoms with Gasteiger partial charge in [-0.25, -0.2) is 4.79 Å². The number of amides is 2. The third kappa shape index (κ3) is 6.31. The van der Waals surface area contributed by atoms with Crippen LogP contribution < -0.4 is 5.32 Å². The molecule has 2 heterocycles. The Bertz CT molecular complexity index is 929. The van der Waals surface area contributed by atoms with Crippen molar-refractivity contribution in [2.45, 2.75) is 52.3 Å². The summed E-state index contributed by atoms with van der Waals surface area (Å²) >= 11 is 1.54. The number of carbonyl (C=O) groups excluding carboxylic acids is 2. The summed E-state index contributed by atoms with van der Waals surface area (Å²) in [4.78, 5) is 31.0. The molecule has 0 unspecified atom stereocenters. The van der Waals surface area contributed by atoms with Gasteiger partial charge in [-0.3, -0.25) is 4.79 Å². The summed E-state index contributed by atoms with van der Waals surface area (Å²) in [5.41, 5.74) is 2.85. The Morgan fingerprint density at radius 1 is 1.23 bits per heavy atom. The molecule has 0 aliphatic carbocycles. The van der Waals surface area contributed by atoms with Gasteiger partial charge < -0.3 is 19.9 Å². The van der Waals surface area contributed by atoms with Crippen molar-refractivity contribution >= 4 is 23.3 Å². The third-order valence-corrected chi connectivity index (χ3v) is 6.32. The lowest BCUT2D eigenvalue weighted by Crippen LogP contribution is -2.41. The van der Waals surface area contributed by atoms with Crippen LogP contribution in [0, 0.1) is 6.92 Å².